The average Bonchev–Trinajstić information content (AvgIpc) is 3.93. The molecule has 0 N–H and O–H groups in total. The first-order valence-corrected chi connectivity index (χ1v) is 19.4. The second-order valence-electron chi connectivity index (χ2n) is 15.0. The molecule has 6 nitrogen and oxygen atoms in total. The van der Waals surface area contributed by atoms with Crippen molar-refractivity contribution in [1.82, 2.24) is 15.0 Å². The molecule has 0 bridgehead atoms. The van der Waals surface area contributed by atoms with E-state index in [4.69, 9.17) is 28.5 Å². The van der Waals surface area contributed by atoms with Crippen molar-refractivity contribution in [3.05, 3.63) is 175 Å². The van der Waals surface area contributed by atoms with Crippen LogP contribution in [-0.2, 0) is 4.74 Å². The van der Waals surface area contributed by atoms with Crippen molar-refractivity contribution in [3.63, 3.8) is 0 Å². The average molecular weight is 728 g/mol. The third-order valence-electron chi connectivity index (χ3n) is 11.7. The van der Waals surface area contributed by atoms with E-state index in [-0.39, 0.29) is 17.9 Å². The number of ether oxygens (including phenoxy) is 1. The van der Waals surface area contributed by atoms with Crippen LogP contribution in [0.5, 0.6) is 0 Å². The van der Waals surface area contributed by atoms with Gasteiger partial charge in [-0.05, 0) is 78.8 Å². The minimum Gasteiger partial charge on any atom is -0.489 e. The zero-order valence-electron chi connectivity index (χ0n) is 30.9. The second-order valence-corrected chi connectivity index (χ2v) is 15.0. The minimum atomic E-state index is -0.0804. The summed E-state index contributed by atoms with van der Waals surface area (Å²) in [6.45, 7) is 6.13. The predicted molar refractivity (Wildman–Crippen MR) is 225 cm³/mol. The summed E-state index contributed by atoms with van der Waals surface area (Å²) < 4.78 is 19.3. The molecule has 56 heavy (non-hydrogen) atoms. The molecule has 0 amide bonds. The normalized spacial score (nSPS) is 19.4. The van der Waals surface area contributed by atoms with Crippen molar-refractivity contribution >= 4 is 55.0 Å². The number of hydrogen-bond donors (Lipinski definition) is 0. The summed E-state index contributed by atoms with van der Waals surface area (Å²) in [5, 5.41) is 4.38. The van der Waals surface area contributed by atoms with E-state index in [1.165, 1.54) is 16.7 Å². The first-order chi connectivity index (χ1) is 27.6. The third kappa shape index (κ3) is 5.28. The van der Waals surface area contributed by atoms with Crippen molar-refractivity contribution in [3.8, 4) is 22.5 Å². The Labute approximate surface area is 323 Å². The highest BCUT2D eigenvalue weighted by molar-refractivity contribution is 6.16. The van der Waals surface area contributed by atoms with Crippen LogP contribution in [0.2, 0.25) is 0 Å². The highest BCUT2D eigenvalue weighted by atomic mass is 16.5. The van der Waals surface area contributed by atoms with Gasteiger partial charge in [0.25, 0.3) is 0 Å². The molecule has 0 saturated heterocycles. The third-order valence-corrected chi connectivity index (χ3v) is 11.7. The van der Waals surface area contributed by atoms with Gasteiger partial charge in [-0.2, -0.15) is 0 Å². The Hall–Kier alpha value is -6.79. The Balaban J connectivity index is 0.968. The van der Waals surface area contributed by atoms with Gasteiger partial charge in [-0.3, -0.25) is 0 Å². The molecule has 270 valence electrons. The number of nitrogens with zero attached hydrogens (tertiary/aromatic N) is 3. The molecule has 3 atom stereocenters. The van der Waals surface area contributed by atoms with Crippen LogP contribution >= 0.6 is 0 Å². The van der Waals surface area contributed by atoms with Gasteiger partial charge in [0.1, 0.15) is 40.0 Å². The summed E-state index contributed by atoms with van der Waals surface area (Å²) in [5.74, 6) is 3.13. The summed E-state index contributed by atoms with van der Waals surface area (Å²) in [6, 6.07) is 37.8. The Bertz CT molecular complexity index is 3030. The summed E-state index contributed by atoms with van der Waals surface area (Å²) in [7, 11) is 0. The van der Waals surface area contributed by atoms with Crippen molar-refractivity contribution in [2.24, 2.45) is 5.92 Å². The molecular weight excluding hydrogens is 691 g/mol. The van der Waals surface area contributed by atoms with Crippen LogP contribution in [0.3, 0.4) is 0 Å². The number of para-hydroxylation sites is 2. The van der Waals surface area contributed by atoms with E-state index in [1.54, 1.807) is 0 Å². The number of hydrogen-bond acceptors (Lipinski definition) is 6. The highest BCUT2D eigenvalue weighted by Crippen LogP contribution is 2.45. The molecule has 0 fully saturated rings. The first-order valence-electron chi connectivity index (χ1n) is 19.4. The molecule has 8 aromatic rings. The fraction of sp³-hybridized carbons (Fsp3) is 0.140. The summed E-state index contributed by atoms with van der Waals surface area (Å²) >= 11 is 0. The SMILES string of the molecule is C=CC1=C(C)C2C=CCC(c3nc(C4=CCCC(c5cccc(-c6cccc7c6oc6cc8oc9ccccc9c8cc67)c5)=C4)nc(-c4ccccc4)n3)C2O1. The summed E-state index contributed by atoms with van der Waals surface area (Å²) in [4.78, 5) is 15.4. The topological polar surface area (TPSA) is 74.2 Å². The lowest BCUT2D eigenvalue weighted by Crippen LogP contribution is -2.29. The number of allylic oxidation sites excluding steroid dienone is 6. The summed E-state index contributed by atoms with van der Waals surface area (Å²) in [6.07, 6.45) is 13.3. The van der Waals surface area contributed by atoms with Gasteiger partial charge in [0.2, 0.25) is 0 Å². The highest BCUT2D eigenvalue weighted by Gasteiger charge is 2.41. The van der Waals surface area contributed by atoms with Crippen molar-refractivity contribution in [1.29, 1.82) is 0 Å². The largest absolute Gasteiger partial charge is 0.489 e. The van der Waals surface area contributed by atoms with Gasteiger partial charge in [0.05, 0.1) is 5.92 Å². The molecule has 2 aliphatic carbocycles. The smallest absolute Gasteiger partial charge is 0.163 e. The maximum Gasteiger partial charge on any atom is 0.163 e. The lowest BCUT2D eigenvalue weighted by Gasteiger charge is -2.29. The number of aromatic nitrogens is 3. The fourth-order valence-corrected chi connectivity index (χ4v) is 8.90. The van der Waals surface area contributed by atoms with Gasteiger partial charge in [0.15, 0.2) is 11.6 Å². The lowest BCUT2D eigenvalue weighted by atomic mass is 9.80. The van der Waals surface area contributed by atoms with Crippen LogP contribution in [0, 0.1) is 5.92 Å². The Morgan fingerprint density at radius 1 is 0.696 bits per heavy atom. The van der Waals surface area contributed by atoms with Crippen molar-refractivity contribution in [2.45, 2.75) is 38.2 Å². The van der Waals surface area contributed by atoms with Gasteiger partial charge in [-0.25, -0.2) is 15.0 Å². The van der Waals surface area contributed by atoms with E-state index in [1.807, 2.05) is 42.5 Å². The minimum absolute atomic E-state index is 0.0174. The Morgan fingerprint density at radius 2 is 1.46 bits per heavy atom. The number of benzene rings is 5. The van der Waals surface area contributed by atoms with Crippen LogP contribution in [0.25, 0.3) is 77.5 Å². The van der Waals surface area contributed by atoms with E-state index in [0.717, 1.165) is 97.0 Å². The van der Waals surface area contributed by atoms with Crippen molar-refractivity contribution in [2.75, 3.05) is 0 Å². The Morgan fingerprint density at radius 3 is 2.38 bits per heavy atom. The lowest BCUT2D eigenvalue weighted by molar-refractivity contribution is 0.0980. The molecular formula is C50H37N3O3. The van der Waals surface area contributed by atoms with Gasteiger partial charge in [-0.1, -0.05) is 110 Å². The molecule has 3 aromatic heterocycles. The molecule has 0 spiro atoms. The van der Waals surface area contributed by atoms with Crippen LogP contribution in [0.15, 0.2) is 166 Å². The van der Waals surface area contributed by atoms with Gasteiger partial charge in [0, 0.05) is 50.2 Å². The van der Waals surface area contributed by atoms with Crippen molar-refractivity contribution < 1.29 is 13.6 Å². The standard InChI is InChI=1S/C50H37N3O3/c1-3-42-29(2)35-20-11-23-39(46(35)55-42)50-52-48(30-13-5-4-6-14-30)51-49(53-50)34-18-10-16-32(26-34)31-15-9-17-33(25-31)36-21-12-22-38-41-27-40-37-19-7-8-24-43(37)54-44(40)28-45(41)56-47(36)38/h3-9,11-15,17-22,24-28,35,39,46H,1,10,16,23H2,2H3. The zero-order valence-corrected chi connectivity index (χ0v) is 30.9. The molecule has 5 aromatic carbocycles. The number of fused-ring (bicyclic) bond motifs is 7. The molecule has 3 unspecified atom stereocenters. The van der Waals surface area contributed by atoms with E-state index < -0.39 is 0 Å². The van der Waals surface area contributed by atoms with Crippen LogP contribution in [0.4, 0.5) is 0 Å². The molecule has 0 saturated carbocycles. The van der Waals surface area contributed by atoms with E-state index in [2.05, 4.69) is 111 Å². The molecule has 4 heterocycles. The van der Waals surface area contributed by atoms with Crippen LogP contribution in [-0.4, -0.2) is 21.1 Å². The molecule has 0 radical (unpaired) electrons. The number of furan rings is 2. The maximum atomic E-state index is 6.63. The van der Waals surface area contributed by atoms with E-state index >= 15 is 0 Å². The van der Waals surface area contributed by atoms with E-state index in [0.29, 0.717) is 11.6 Å². The van der Waals surface area contributed by atoms with Gasteiger partial charge in [-0.15, -0.1) is 0 Å². The maximum absolute atomic E-state index is 6.63. The molecule has 6 heteroatoms. The Kier molecular flexibility index (Phi) is 7.52. The monoisotopic (exact) mass is 727 g/mol. The first kappa shape index (κ1) is 32.6. The fourth-order valence-electron chi connectivity index (χ4n) is 8.90. The zero-order chi connectivity index (χ0) is 37.3. The molecule has 3 aliphatic rings. The van der Waals surface area contributed by atoms with Gasteiger partial charge < -0.3 is 13.6 Å². The predicted octanol–water partition coefficient (Wildman–Crippen LogP) is 12.8. The van der Waals surface area contributed by atoms with E-state index in [9.17, 15) is 0 Å². The second kappa shape index (κ2) is 12.9. The quantitative estimate of drug-likeness (QED) is 0.159. The van der Waals surface area contributed by atoms with Crippen LogP contribution in [0.1, 0.15) is 49.3 Å². The van der Waals surface area contributed by atoms with Gasteiger partial charge >= 0.3 is 0 Å². The van der Waals surface area contributed by atoms with Crippen LogP contribution < -0.4 is 0 Å². The summed E-state index contributed by atoms with van der Waals surface area (Å²) in [5.41, 5.74) is 11.1. The number of rotatable bonds is 6. The molecule has 1 aliphatic heterocycles. The molecule has 11 rings (SSSR count).